The number of hydrogen-bond donors (Lipinski definition) is 2. The summed E-state index contributed by atoms with van der Waals surface area (Å²) in [5.41, 5.74) is 2.86. The van der Waals surface area contributed by atoms with Gasteiger partial charge in [-0.2, -0.15) is 0 Å². The van der Waals surface area contributed by atoms with Crippen LogP contribution in [0.2, 0.25) is 0 Å². The van der Waals surface area contributed by atoms with E-state index in [1.807, 2.05) is 12.1 Å². The van der Waals surface area contributed by atoms with Crippen molar-refractivity contribution in [3.63, 3.8) is 0 Å². The van der Waals surface area contributed by atoms with E-state index in [1.54, 1.807) is 11.3 Å². The van der Waals surface area contributed by atoms with Crippen LogP contribution in [0.5, 0.6) is 0 Å². The molecule has 1 aliphatic carbocycles. The highest BCUT2D eigenvalue weighted by Gasteiger charge is 2.21. The number of nitrogens with one attached hydrogen (secondary N) is 1. The fourth-order valence-electron chi connectivity index (χ4n) is 2.75. The molecular formula is C16H17NO2S. The zero-order valence-corrected chi connectivity index (χ0v) is 12.0. The number of hydrogen-bond acceptors (Lipinski definition) is 3. The molecule has 1 unspecified atom stereocenters. The van der Waals surface area contributed by atoms with E-state index in [0.29, 0.717) is 6.04 Å². The smallest absolute Gasteiger partial charge is 0.308 e. The highest BCUT2D eigenvalue weighted by atomic mass is 32.1. The van der Waals surface area contributed by atoms with Crippen molar-refractivity contribution in [1.29, 1.82) is 0 Å². The van der Waals surface area contributed by atoms with Gasteiger partial charge in [0, 0.05) is 22.3 Å². The van der Waals surface area contributed by atoms with Gasteiger partial charge in [0.2, 0.25) is 0 Å². The summed E-state index contributed by atoms with van der Waals surface area (Å²) in [7, 11) is 0. The summed E-state index contributed by atoms with van der Waals surface area (Å²) in [4.78, 5) is 12.8. The lowest BCUT2D eigenvalue weighted by Gasteiger charge is -2.13. The van der Waals surface area contributed by atoms with Crippen molar-refractivity contribution >= 4 is 17.3 Å². The standard InChI is InChI=1S/C16H17NO2S/c18-16(19)9-12-6-7-13(20-12)10-17-15-8-5-11-3-1-2-4-14(11)15/h1-4,6-7,15,17H,5,8-10H2,(H,18,19). The molecule has 1 aliphatic rings. The first kappa shape index (κ1) is 13.3. The Hall–Kier alpha value is -1.65. The number of carboxylic acids is 1. The Balaban J connectivity index is 1.60. The van der Waals surface area contributed by atoms with Crippen molar-refractivity contribution in [3.05, 3.63) is 57.3 Å². The third kappa shape index (κ3) is 2.92. The van der Waals surface area contributed by atoms with Gasteiger partial charge in [-0.15, -0.1) is 11.3 Å². The predicted molar refractivity (Wildman–Crippen MR) is 80.0 cm³/mol. The largest absolute Gasteiger partial charge is 0.481 e. The van der Waals surface area contributed by atoms with Gasteiger partial charge in [0.15, 0.2) is 0 Å². The number of thiophene rings is 1. The quantitative estimate of drug-likeness (QED) is 0.888. The molecule has 2 aromatic rings. The average molecular weight is 287 g/mol. The minimum atomic E-state index is -0.768. The van der Waals surface area contributed by atoms with Gasteiger partial charge < -0.3 is 10.4 Å². The lowest BCUT2D eigenvalue weighted by molar-refractivity contribution is -0.136. The minimum Gasteiger partial charge on any atom is -0.481 e. The first-order valence-electron chi connectivity index (χ1n) is 6.83. The molecule has 0 amide bonds. The highest BCUT2D eigenvalue weighted by Crippen LogP contribution is 2.31. The number of fused-ring (bicyclic) bond motifs is 1. The fourth-order valence-corrected chi connectivity index (χ4v) is 3.71. The van der Waals surface area contributed by atoms with Crippen LogP contribution < -0.4 is 5.32 Å². The molecule has 1 atom stereocenters. The second-order valence-corrected chi connectivity index (χ2v) is 6.36. The Morgan fingerprint density at radius 2 is 2.05 bits per heavy atom. The number of benzene rings is 1. The highest BCUT2D eigenvalue weighted by molar-refractivity contribution is 7.12. The van der Waals surface area contributed by atoms with E-state index in [1.165, 1.54) is 16.0 Å². The predicted octanol–water partition coefficient (Wildman–Crippen LogP) is 3.15. The third-order valence-electron chi connectivity index (χ3n) is 3.70. The summed E-state index contributed by atoms with van der Waals surface area (Å²) in [5.74, 6) is -0.768. The Morgan fingerprint density at radius 1 is 1.25 bits per heavy atom. The van der Waals surface area contributed by atoms with Gasteiger partial charge in [-0.3, -0.25) is 4.79 Å². The van der Waals surface area contributed by atoms with Crippen molar-refractivity contribution in [1.82, 2.24) is 5.32 Å². The fraction of sp³-hybridized carbons (Fsp3) is 0.312. The molecular weight excluding hydrogens is 270 g/mol. The van der Waals surface area contributed by atoms with Crippen LogP contribution in [0.3, 0.4) is 0 Å². The summed E-state index contributed by atoms with van der Waals surface area (Å²) < 4.78 is 0. The van der Waals surface area contributed by atoms with E-state index in [4.69, 9.17) is 5.11 Å². The Kier molecular flexibility index (Phi) is 3.85. The molecule has 0 spiro atoms. The van der Waals surface area contributed by atoms with E-state index in [0.717, 1.165) is 24.3 Å². The maximum Gasteiger partial charge on any atom is 0.308 e. The average Bonchev–Trinajstić information content (AvgIpc) is 3.02. The lowest BCUT2D eigenvalue weighted by atomic mass is 10.1. The third-order valence-corrected chi connectivity index (χ3v) is 4.78. The number of rotatable bonds is 5. The van der Waals surface area contributed by atoms with Gasteiger partial charge in [0.1, 0.15) is 0 Å². The van der Waals surface area contributed by atoms with Crippen LogP contribution in [0, 0.1) is 0 Å². The van der Waals surface area contributed by atoms with E-state index >= 15 is 0 Å². The van der Waals surface area contributed by atoms with E-state index in [2.05, 4.69) is 29.6 Å². The Labute approximate surface area is 122 Å². The van der Waals surface area contributed by atoms with Gasteiger partial charge in [0.25, 0.3) is 0 Å². The van der Waals surface area contributed by atoms with E-state index in [9.17, 15) is 4.79 Å². The van der Waals surface area contributed by atoms with Crippen LogP contribution in [0.15, 0.2) is 36.4 Å². The Morgan fingerprint density at radius 3 is 2.90 bits per heavy atom. The van der Waals surface area contributed by atoms with Gasteiger partial charge in [-0.1, -0.05) is 24.3 Å². The van der Waals surface area contributed by atoms with Gasteiger partial charge >= 0.3 is 5.97 Å². The van der Waals surface area contributed by atoms with Gasteiger partial charge in [-0.05, 0) is 36.1 Å². The zero-order valence-electron chi connectivity index (χ0n) is 11.1. The monoisotopic (exact) mass is 287 g/mol. The second kappa shape index (κ2) is 5.77. The maximum atomic E-state index is 10.7. The number of aryl methyl sites for hydroxylation is 1. The molecule has 104 valence electrons. The SMILES string of the molecule is O=C(O)Cc1ccc(CNC2CCc3ccccc32)s1. The first-order valence-corrected chi connectivity index (χ1v) is 7.64. The van der Waals surface area contributed by atoms with E-state index < -0.39 is 5.97 Å². The molecule has 3 nitrogen and oxygen atoms in total. The molecule has 0 radical (unpaired) electrons. The first-order chi connectivity index (χ1) is 9.72. The molecule has 4 heteroatoms. The molecule has 0 aliphatic heterocycles. The van der Waals surface area contributed by atoms with Crippen LogP contribution in [0.4, 0.5) is 0 Å². The Bertz CT molecular complexity index is 620. The molecule has 0 bridgehead atoms. The summed E-state index contributed by atoms with van der Waals surface area (Å²) in [6, 6.07) is 13.0. The molecule has 1 aromatic heterocycles. The molecule has 0 saturated heterocycles. The molecule has 0 saturated carbocycles. The van der Waals surface area contributed by atoms with Crippen molar-refractivity contribution < 1.29 is 9.90 Å². The van der Waals surface area contributed by atoms with Crippen molar-refractivity contribution in [3.8, 4) is 0 Å². The van der Waals surface area contributed by atoms with Crippen LogP contribution in [0.1, 0.15) is 33.3 Å². The molecule has 0 fully saturated rings. The number of aliphatic carboxylic acids is 1. The van der Waals surface area contributed by atoms with Crippen LogP contribution in [-0.4, -0.2) is 11.1 Å². The van der Waals surface area contributed by atoms with Crippen molar-refractivity contribution in [2.45, 2.75) is 31.8 Å². The molecule has 2 N–H and O–H groups in total. The summed E-state index contributed by atoms with van der Waals surface area (Å²) in [6.07, 6.45) is 2.41. The van der Waals surface area contributed by atoms with Crippen molar-refractivity contribution in [2.24, 2.45) is 0 Å². The summed E-state index contributed by atoms with van der Waals surface area (Å²) in [5, 5.41) is 12.4. The molecule has 3 rings (SSSR count). The van der Waals surface area contributed by atoms with Gasteiger partial charge in [0.05, 0.1) is 6.42 Å². The summed E-state index contributed by atoms with van der Waals surface area (Å²) >= 11 is 1.58. The lowest BCUT2D eigenvalue weighted by Crippen LogP contribution is -2.17. The van der Waals surface area contributed by atoms with Crippen LogP contribution >= 0.6 is 11.3 Å². The van der Waals surface area contributed by atoms with Crippen molar-refractivity contribution in [2.75, 3.05) is 0 Å². The second-order valence-electron chi connectivity index (χ2n) is 5.11. The summed E-state index contributed by atoms with van der Waals surface area (Å²) in [6.45, 7) is 0.809. The molecule has 1 aromatic carbocycles. The normalized spacial score (nSPS) is 17.1. The molecule has 1 heterocycles. The van der Waals surface area contributed by atoms with E-state index in [-0.39, 0.29) is 6.42 Å². The zero-order chi connectivity index (χ0) is 13.9. The number of carbonyl (C=O) groups is 1. The minimum absolute atomic E-state index is 0.122. The topological polar surface area (TPSA) is 49.3 Å². The molecule has 20 heavy (non-hydrogen) atoms. The van der Waals surface area contributed by atoms with Gasteiger partial charge in [-0.25, -0.2) is 0 Å². The number of carboxylic acid groups (broad SMARTS) is 1. The van der Waals surface area contributed by atoms with Crippen LogP contribution in [0.25, 0.3) is 0 Å². The maximum absolute atomic E-state index is 10.7. The van der Waals surface area contributed by atoms with Crippen LogP contribution in [-0.2, 0) is 24.2 Å².